The van der Waals surface area contributed by atoms with E-state index >= 15 is 0 Å². The Morgan fingerprint density at radius 1 is 1.02 bits per heavy atom. The van der Waals surface area contributed by atoms with Gasteiger partial charge >= 0.3 is 0 Å². The molecule has 0 bridgehead atoms. The highest BCUT2D eigenvalue weighted by Crippen LogP contribution is 2.28. The number of fused-ring (bicyclic) bond motifs is 1. The van der Waals surface area contributed by atoms with E-state index in [1.807, 2.05) is 37.3 Å². The van der Waals surface area contributed by atoms with Crippen LogP contribution in [0.1, 0.15) is 45.1 Å². The lowest BCUT2D eigenvalue weighted by atomic mass is 10.1. The average Bonchev–Trinajstić information content (AvgIpc) is 3.00. The van der Waals surface area contributed by atoms with Crippen molar-refractivity contribution >= 4 is 26.7 Å². The summed E-state index contributed by atoms with van der Waals surface area (Å²) in [5.41, 5.74) is 4.58. The van der Waals surface area contributed by atoms with Gasteiger partial charge in [0.25, 0.3) is 10.1 Å². The highest BCUT2D eigenvalue weighted by molar-refractivity contribution is 7.86. The van der Waals surface area contributed by atoms with Crippen molar-refractivity contribution in [2.75, 3.05) is 25.1 Å². The van der Waals surface area contributed by atoms with Crippen LogP contribution in [0.15, 0.2) is 77.7 Å². The maximum Gasteiger partial charge on any atom is 0.297 e. The molecule has 0 aliphatic carbocycles. The van der Waals surface area contributed by atoms with E-state index in [1.165, 1.54) is 12.1 Å². The van der Waals surface area contributed by atoms with Gasteiger partial charge in [-0.3, -0.25) is 4.18 Å². The molecule has 8 nitrogen and oxygen atoms in total. The lowest BCUT2D eigenvalue weighted by Crippen LogP contribution is -2.25. The van der Waals surface area contributed by atoms with Crippen molar-refractivity contribution in [1.29, 1.82) is 0 Å². The van der Waals surface area contributed by atoms with Gasteiger partial charge in [0, 0.05) is 41.7 Å². The first-order valence-electron chi connectivity index (χ1n) is 14.5. The second kappa shape index (κ2) is 13.5. The predicted molar refractivity (Wildman–Crippen MR) is 165 cm³/mol. The summed E-state index contributed by atoms with van der Waals surface area (Å²) in [6.45, 7) is 7.29. The molecule has 1 N–H and O–H groups in total. The SMILES string of the molecule is CCCNc1ccc(-c2ccc3ccc(OCC(C)OS(=O)(=O)c4ccc(C)c(OC5CCCCO5)c4)cc3n2)cc1. The minimum atomic E-state index is -4.04. The lowest BCUT2D eigenvalue weighted by Gasteiger charge is -2.24. The maximum atomic E-state index is 13.1. The van der Waals surface area contributed by atoms with Crippen molar-refractivity contribution in [3.63, 3.8) is 0 Å². The molecule has 2 heterocycles. The van der Waals surface area contributed by atoms with Crippen LogP contribution in [0.2, 0.25) is 0 Å². The number of hydrogen-bond acceptors (Lipinski definition) is 8. The number of benzene rings is 3. The van der Waals surface area contributed by atoms with Crippen molar-refractivity contribution in [3.05, 3.63) is 78.4 Å². The molecule has 4 aromatic rings. The third kappa shape index (κ3) is 7.59. The normalized spacial score (nSPS) is 16.2. The number of rotatable bonds is 12. The van der Waals surface area contributed by atoms with Gasteiger partial charge in [0.15, 0.2) is 6.29 Å². The van der Waals surface area contributed by atoms with Crippen molar-refractivity contribution in [3.8, 4) is 22.8 Å². The minimum absolute atomic E-state index is 0.0300. The van der Waals surface area contributed by atoms with Crippen LogP contribution in [0.3, 0.4) is 0 Å². The fraction of sp³-hybridized carbons (Fsp3) is 0.364. The van der Waals surface area contributed by atoms with Gasteiger partial charge in [-0.1, -0.05) is 31.2 Å². The van der Waals surface area contributed by atoms with E-state index in [0.717, 1.165) is 65.6 Å². The van der Waals surface area contributed by atoms with Gasteiger partial charge in [-0.25, -0.2) is 4.98 Å². The van der Waals surface area contributed by atoms with E-state index in [1.54, 1.807) is 13.0 Å². The molecule has 0 spiro atoms. The molecule has 222 valence electrons. The van der Waals surface area contributed by atoms with E-state index < -0.39 is 16.2 Å². The molecule has 2 atom stereocenters. The summed E-state index contributed by atoms with van der Waals surface area (Å²) >= 11 is 0. The quantitative estimate of drug-likeness (QED) is 0.174. The molecule has 1 aliphatic heterocycles. The van der Waals surface area contributed by atoms with Gasteiger partial charge < -0.3 is 19.5 Å². The molecule has 1 saturated heterocycles. The van der Waals surface area contributed by atoms with Crippen molar-refractivity contribution in [2.45, 2.75) is 63.7 Å². The number of aromatic nitrogens is 1. The molecule has 0 amide bonds. The summed E-state index contributed by atoms with van der Waals surface area (Å²) in [4.78, 5) is 4.86. The van der Waals surface area contributed by atoms with Crippen LogP contribution in [-0.4, -0.2) is 45.6 Å². The Labute approximate surface area is 248 Å². The van der Waals surface area contributed by atoms with Gasteiger partial charge in [0.05, 0.1) is 22.7 Å². The third-order valence-corrected chi connectivity index (χ3v) is 8.46. The zero-order valence-corrected chi connectivity index (χ0v) is 25.2. The minimum Gasteiger partial charge on any atom is -0.491 e. The van der Waals surface area contributed by atoms with Crippen LogP contribution in [0.4, 0.5) is 5.69 Å². The first-order valence-corrected chi connectivity index (χ1v) is 15.9. The van der Waals surface area contributed by atoms with Crippen LogP contribution in [-0.2, 0) is 19.0 Å². The van der Waals surface area contributed by atoms with Gasteiger partial charge in [-0.15, -0.1) is 0 Å². The van der Waals surface area contributed by atoms with E-state index in [0.29, 0.717) is 18.1 Å². The molecule has 0 radical (unpaired) electrons. The number of ether oxygens (including phenoxy) is 3. The van der Waals surface area contributed by atoms with E-state index in [4.69, 9.17) is 23.4 Å². The summed E-state index contributed by atoms with van der Waals surface area (Å²) in [5, 5.41) is 4.36. The molecule has 42 heavy (non-hydrogen) atoms. The first-order chi connectivity index (χ1) is 20.3. The zero-order valence-electron chi connectivity index (χ0n) is 24.3. The molecule has 1 fully saturated rings. The Morgan fingerprint density at radius 3 is 2.60 bits per heavy atom. The number of nitrogens with zero attached hydrogens (tertiary/aromatic N) is 1. The fourth-order valence-corrected chi connectivity index (χ4v) is 5.78. The predicted octanol–water partition coefficient (Wildman–Crippen LogP) is 7.11. The number of pyridine rings is 1. The average molecular weight is 591 g/mol. The topological polar surface area (TPSA) is 96.0 Å². The van der Waals surface area contributed by atoms with E-state index in [2.05, 4.69) is 36.5 Å². The van der Waals surface area contributed by atoms with Crippen molar-refractivity contribution in [2.24, 2.45) is 0 Å². The van der Waals surface area contributed by atoms with Crippen molar-refractivity contribution < 1.29 is 26.8 Å². The Balaban J connectivity index is 1.22. The van der Waals surface area contributed by atoms with Crippen LogP contribution >= 0.6 is 0 Å². The summed E-state index contributed by atoms with van der Waals surface area (Å²) < 4.78 is 49.1. The molecule has 0 saturated carbocycles. The molecule has 1 aliphatic rings. The van der Waals surface area contributed by atoms with Gasteiger partial charge in [-0.2, -0.15) is 8.42 Å². The largest absolute Gasteiger partial charge is 0.491 e. The maximum absolute atomic E-state index is 13.1. The lowest BCUT2D eigenvalue weighted by molar-refractivity contribution is -0.106. The Bertz CT molecular complexity index is 1600. The van der Waals surface area contributed by atoms with Crippen molar-refractivity contribution in [1.82, 2.24) is 4.98 Å². The monoisotopic (exact) mass is 590 g/mol. The second-order valence-electron chi connectivity index (χ2n) is 10.6. The van der Waals surface area contributed by atoms with E-state index in [9.17, 15) is 8.42 Å². The van der Waals surface area contributed by atoms with E-state index in [-0.39, 0.29) is 17.8 Å². The summed E-state index contributed by atoms with van der Waals surface area (Å²) in [6, 6.07) is 22.6. The van der Waals surface area contributed by atoms with Crippen LogP contribution in [0.5, 0.6) is 11.5 Å². The van der Waals surface area contributed by atoms with Crippen LogP contribution in [0, 0.1) is 6.92 Å². The Hall–Kier alpha value is -3.66. The smallest absolute Gasteiger partial charge is 0.297 e. The summed E-state index contributed by atoms with van der Waals surface area (Å²) in [7, 11) is -4.04. The summed E-state index contributed by atoms with van der Waals surface area (Å²) in [6.07, 6.45) is 2.77. The molecule has 5 rings (SSSR count). The highest BCUT2D eigenvalue weighted by atomic mass is 32.2. The van der Waals surface area contributed by atoms with Crippen LogP contribution < -0.4 is 14.8 Å². The number of hydrogen-bond donors (Lipinski definition) is 1. The Morgan fingerprint density at radius 2 is 1.83 bits per heavy atom. The standard InChI is InChI=1S/C33H38N2O6S/c1-4-18-34-27-13-9-25(10-14-27)30-17-12-26-11-15-28(20-31(26)35-30)39-22-24(3)41-42(36,37)29-16-8-23(2)32(21-29)40-33-7-5-6-19-38-33/h8-17,20-21,24,33-34H,4-7,18-19,22H2,1-3H3. The summed E-state index contributed by atoms with van der Waals surface area (Å²) in [5.74, 6) is 1.06. The van der Waals surface area contributed by atoms with Gasteiger partial charge in [0.1, 0.15) is 24.2 Å². The second-order valence-corrected chi connectivity index (χ2v) is 12.1. The van der Waals surface area contributed by atoms with Crippen LogP contribution in [0.25, 0.3) is 22.2 Å². The molecular weight excluding hydrogens is 552 g/mol. The molecule has 9 heteroatoms. The first kappa shape index (κ1) is 29.8. The fourth-order valence-electron chi connectivity index (χ4n) is 4.70. The molecule has 1 aromatic heterocycles. The molecular formula is C33H38N2O6S. The zero-order chi connectivity index (χ0) is 29.5. The third-order valence-electron chi connectivity index (χ3n) is 7.04. The number of aryl methyl sites for hydroxylation is 1. The molecule has 2 unspecified atom stereocenters. The number of nitrogens with one attached hydrogen (secondary N) is 1. The number of anilines is 1. The molecule has 3 aromatic carbocycles. The van der Waals surface area contributed by atoms with Gasteiger partial charge in [-0.05, 0) is 75.1 Å². The highest BCUT2D eigenvalue weighted by Gasteiger charge is 2.23. The Kier molecular flexibility index (Phi) is 9.62. The van der Waals surface area contributed by atoms with Gasteiger partial charge in [0.2, 0.25) is 0 Å².